The normalized spacial score (nSPS) is 13.9. The van der Waals surface area contributed by atoms with Crippen LogP contribution in [0.5, 0.6) is 5.75 Å². The van der Waals surface area contributed by atoms with Crippen molar-refractivity contribution in [3.63, 3.8) is 0 Å². The van der Waals surface area contributed by atoms with Crippen LogP contribution in [0.4, 0.5) is 21.2 Å². The maximum atomic E-state index is 14.9. The summed E-state index contributed by atoms with van der Waals surface area (Å²) >= 11 is 3.02. The lowest BCUT2D eigenvalue weighted by atomic mass is 10.2. The summed E-state index contributed by atoms with van der Waals surface area (Å²) in [6, 6.07) is 16.1. The van der Waals surface area contributed by atoms with Crippen LogP contribution in [-0.4, -0.2) is 149 Å². The summed E-state index contributed by atoms with van der Waals surface area (Å²) in [7, 11) is 6.16. The van der Waals surface area contributed by atoms with Crippen LogP contribution in [0.25, 0.3) is 10.2 Å². The third-order valence-corrected chi connectivity index (χ3v) is 15.2. The van der Waals surface area contributed by atoms with E-state index in [1.54, 1.807) is 23.5 Å². The number of nitrogens with one attached hydrogen (secondary N) is 1. The van der Waals surface area contributed by atoms with Gasteiger partial charge in [-0.2, -0.15) is 4.99 Å². The number of halogens is 1. The molecule has 0 bridgehead atoms. The molecule has 18 heteroatoms. The van der Waals surface area contributed by atoms with Crippen molar-refractivity contribution in [2.45, 2.75) is 71.4 Å². The zero-order valence-corrected chi connectivity index (χ0v) is 43.3. The molecule has 4 heterocycles. The van der Waals surface area contributed by atoms with E-state index in [0.717, 1.165) is 96.6 Å². The smallest absolute Gasteiger partial charge is 0.357 e. The third-order valence-electron chi connectivity index (χ3n) is 11.3. The number of likely N-dealkylation sites (N-methyl/N-ethyl adjacent to an activating group) is 1. The summed E-state index contributed by atoms with van der Waals surface area (Å²) in [5.74, 6) is 6.32. The number of hydrogen-bond acceptors (Lipinski definition) is 15. The van der Waals surface area contributed by atoms with Gasteiger partial charge in [0.15, 0.2) is 38.8 Å². The number of anilines is 2. The minimum atomic E-state index is -1.25. The number of carbonyl (C=O) groups is 1. The first-order valence-electron chi connectivity index (χ1n) is 23.4. The van der Waals surface area contributed by atoms with Gasteiger partial charge in [0.25, 0.3) is 0 Å². The molecular formula is C49H69FN10O4S2Si. The highest BCUT2D eigenvalue weighted by atomic mass is 32.1. The van der Waals surface area contributed by atoms with Crippen molar-refractivity contribution < 1.29 is 23.4 Å². The molecular weight excluding hydrogens is 904 g/mol. The lowest BCUT2D eigenvalue weighted by Crippen LogP contribution is -2.46. The largest absolute Gasteiger partial charge is 0.491 e. The molecule has 0 unspecified atom stereocenters. The predicted octanol–water partition coefficient (Wildman–Crippen LogP) is 7.80. The number of fused-ring (bicyclic) bond motifs is 1. The molecule has 14 nitrogen and oxygen atoms in total. The SMILES string of the molecule is COC(=O)c1nc(N(CCCCCNCCN2CCN(C)CC2)c2cc(C)c(N=c3sc4ccccc4n3COCC[Si](C)(C)C)nn2)sc1CCCOc1ccc(C#CCN(C)C)cc1F. The van der Waals surface area contributed by atoms with Crippen molar-refractivity contribution >= 4 is 63.7 Å². The zero-order valence-electron chi connectivity index (χ0n) is 40.7. The van der Waals surface area contributed by atoms with Gasteiger partial charge in [0.05, 0.1) is 30.5 Å². The first-order chi connectivity index (χ1) is 32.3. The number of nitrogens with zero attached hydrogens (tertiary/aromatic N) is 9. The Morgan fingerprint density at radius 1 is 0.985 bits per heavy atom. The Kier molecular flexibility index (Phi) is 19.9. The highest BCUT2D eigenvalue weighted by Crippen LogP contribution is 2.34. The van der Waals surface area contributed by atoms with Crippen molar-refractivity contribution in [1.82, 2.24) is 39.8 Å². The number of benzene rings is 2. The fourth-order valence-corrected chi connectivity index (χ4v) is 10.2. The van der Waals surface area contributed by atoms with Crippen LogP contribution in [-0.2, 0) is 22.6 Å². The molecule has 0 atom stereocenters. The third kappa shape index (κ3) is 16.0. The second-order valence-corrected chi connectivity index (χ2v) is 26.1. The highest BCUT2D eigenvalue weighted by Gasteiger charge is 2.24. The molecule has 0 saturated carbocycles. The van der Waals surface area contributed by atoms with Crippen molar-refractivity contribution in [1.29, 1.82) is 0 Å². The lowest BCUT2D eigenvalue weighted by molar-refractivity contribution is 0.0593. The summed E-state index contributed by atoms with van der Waals surface area (Å²) in [6.07, 6.45) is 3.89. The molecule has 0 radical (unpaired) electrons. The Hall–Kier alpha value is -4.58. The minimum absolute atomic E-state index is 0.157. The van der Waals surface area contributed by atoms with Crippen molar-refractivity contribution in [3.8, 4) is 17.6 Å². The Morgan fingerprint density at radius 3 is 2.54 bits per heavy atom. The number of aromatic nitrogens is 4. The summed E-state index contributed by atoms with van der Waals surface area (Å²) in [6.45, 7) is 19.1. The van der Waals surface area contributed by atoms with Crippen molar-refractivity contribution in [2.75, 3.05) is 105 Å². The number of rotatable bonds is 24. The van der Waals surface area contributed by atoms with Gasteiger partial charge in [-0.15, -0.1) is 21.5 Å². The summed E-state index contributed by atoms with van der Waals surface area (Å²) in [5.41, 5.74) is 2.76. The monoisotopic (exact) mass is 972 g/mol. The molecule has 362 valence electrons. The number of esters is 1. The molecule has 1 saturated heterocycles. The molecule has 1 fully saturated rings. The van der Waals surface area contributed by atoms with Gasteiger partial charge in [0, 0.05) is 70.9 Å². The lowest BCUT2D eigenvalue weighted by Gasteiger charge is -2.32. The number of carbonyl (C=O) groups excluding carboxylic acids is 1. The average molecular weight is 973 g/mol. The minimum Gasteiger partial charge on any atom is -0.491 e. The topological polar surface area (TPSA) is 126 Å². The van der Waals surface area contributed by atoms with Gasteiger partial charge >= 0.3 is 5.97 Å². The van der Waals surface area contributed by atoms with E-state index in [2.05, 4.69) is 70.3 Å². The van der Waals surface area contributed by atoms with E-state index in [1.807, 2.05) is 49.0 Å². The molecule has 0 spiro atoms. The standard InChI is InChI=1S/C49H69FN10O4S2Si/c1-37-34-44(54-55-46(37)53-49-60(36-63-32-33-67(6,7)8)40-17-10-11-18-42(40)65-49)59(25-13-9-12-22-51-23-26-58-29-27-57(4)28-30-58)48-52-45(47(61)62-5)43(66-48)19-15-31-64-41-21-20-38(35-39(41)50)16-14-24-56(2)3/h10-11,17-18,20-21,34-35,51H,9,12-13,15,19,22-33,36H2,1-8H3. The average Bonchev–Trinajstić information content (AvgIpc) is 3.88. The van der Waals surface area contributed by atoms with Crippen molar-refractivity contribution in [2.24, 2.45) is 4.99 Å². The summed E-state index contributed by atoms with van der Waals surface area (Å²) < 4.78 is 35.4. The molecule has 1 aliphatic heterocycles. The maximum absolute atomic E-state index is 14.9. The number of methoxy groups -OCH3 is 1. The molecule has 1 N–H and O–H groups in total. The van der Waals surface area contributed by atoms with E-state index in [1.165, 1.54) is 24.5 Å². The van der Waals surface area contributed by atoms with E-state index in [9.17, 15) is 9.18 Å². The molecule has 0 amide bonds. The number of thiazole rings is 2. The van der Waals surface area contributed by atoms with E-state index >= 15 is 0 Å². The van der Waals surface area contributed by atoms with Crippen LogP contribution in [0.2, 0.25) is 25.7 Å². The first-order valence-corrected chi connectivity index (χ1v) is 28.7. The Morgan fingerprint density at radius 2 is 1.79 bits per heavy atom. The fraction of sp³-hybridized carbons (Fsp3) is 0.531. The molecule has 2 aromatic carbocycles. The molecule has 5 aromatic rings. The van der Waals surface area contributed by atoms with E-state index < -0.39 is 19.9 Å². The summed E-state index contributed by atoms with van der Waals surface area (Å²) in [5, 5.41) is 13.7. The Balaban J connectivity index is 1.18. The maximum Gasteiger partial charge on any atom is 0.357 e. The van der Waals surface area contributed by atoms with Gasteiger partial charge in [0.1, 0.15) is 6.73 Å². The van der Waals surface area contributed by atoms with Gasteiger partial charge in [0.2, 0.25) is 0 Å². The number of ether oxygens (including phenoxy) is 3. The number of hydrogen-bond donors (Lipinski definition) is 1. The van der Waals surface area contributed by atoms with Crippen LogP contribution < -0.4 is 19.8 Å². The van der Waals surface area contributed by atoms with Crippen LogP contribution in [0.15, 0.2) is 53.5 Å². The second-order valence-electron chi connectivity index (χ2n) is 18.5. The zero-order chi connectivity index (χ0) is 47.8. The van der Waals surface area contributed by atoms with Gasteiger partial charge in [-0.25, -0.2) is 14.2 Å². The molecule has 1 aliphatic rings. The predicted molar refractivity (Wildman–Crippen MR) is 273 cm³/mol. The number of aryl methyl sites for hydroxylation is 2. The Bertz CT molecular complexity index is 2500. The number of piperazine rings is 1. The highest BCUT2D eigenvalue weighted by molar-refractivity contribution is 7.16. The van der Waals surface area contributed by atoms with E-state index in [0.29, 0.717) is 61.6 Å². The van der Waals surface area contributed by atoms with Crippen LogP contribution in [0, 0.1) is 24.6 Å². The Labute approximate surface area is 405 Å². The molecule has 3 aromatic heterocycles. The first kappa shape index (κ1) is 51.8. The van der Waals surface area contributed by atoms with E-state index in [-0.39, 0.29) is 18.1 Å². The van der Waals surface area contributed by atoms with Gasteiger partial charge in [-0.1, -0.05) is 61.4 Å². The van der Waals surface area contributed by atoms with Crippen LogP contribution in [0.1, 0.15) is 52.2 Å². The number of para-hydroxylation sites is 1. The second kappa shape index (κ2) is 25.7. The fourth-order valence-electron chi connectivity index (χ4n) is 7.29. The van der Waals surface area contributed by atoms with Gasteiger partial charge in [-0.3, -0.25) is 14.4 Å². The van der Waals surface area contributed by atoms with Gasteiger partial charge in [-0.05, 0) is 108 Å². The van der Waals surface area contributed by atoms with Crippen LogP contribution >= 0.6 is 22.7 Å². The van der Waals surface area contributed by atoms with Crippen molar-refractivity contribution in [3.05, 3.63) is 80.8 Å². The van der Waals surface area contributed by atoms with Crippen LogP contribution in [0.3, 0.4) is 0 Å². The van der Waals surface area contributed by atoms with E-state index in [4.69, 9.17) is 34.4 Å². The quantitative estimate of drug-likeness (QED) is 0.0281. The molecule has 67 heavy (non-hydrogen) atoms. The van der Waals surface area contributed by atoms with Gasteiger partial charge < -0.3 is 29.3 Å². The molecule has 0 aliphatic carbocycles. The summed E-state index contributed by atoms with van der Waals surface area (Å²) in [4.78, 5) is 33.6. The number of unbranched alkanes of at least 4 members (excludes halogenated alkanes) is 2. The molecule has 6 rings (SSSR count).